The first-order chi connectivity index (χ1) is 29.9. The number of rotatable bonds is 8. The molecule has 9 rings (SSSR count). The van der Waals surface area contributed by atoms with Crippen molar-refractivity contribution in [3.63, 3.8) is 0 Å². The van der Waals surface area contributed by atoms with Gasteiger partial charge in [-0.25, -0.2) is 9.59 Å². The maximum Gasteiger partial charge on any atom is 0.340 e. The van der Waals surface area contributed by atoms with E-state index in [0.29, 0.717) is 52.7 Å². The molecule has 1 fully saturated rings. The van der Waals surface area contributed by atoms with Crippen LogP contribution in [0.5, 0.6) is 5.75 Å². The lowest BCUT2D eigenvalue weighted by Gasteiger charge is -2.48. The smallest absolute Gasteiger partial charge is 0.340 e. The molecule has 62 heavy (non-hydrogen) atoms. The Morgan fingerprint density at radius 2 is 1.52 bits per heavy atom. The van der Waals surface area contributed by atoms with Crippen molar-refractivity contribution in [2.75, 3.05) is 0 Å². The van der Waals surface area contributed by atoms with Crippen LogP contribution in [0.25, 0.3) is 11.0 Å². The molecule has 8 heteroatoms. The number of carbonyl (C=O) groups excluding carboxylic acids is 2. The molecule has 8 nitrogen and oxygen atoms in total. The van der Waals surface area contributed by atoms with Crippen LogP contribution in [-0.4, -0.2) is 28.8 Å². The predicted octanol–water partition coefficient (Wildman–Crippen LogP) is 11.0. The molecule has 0 unspecified atom stereocenters. The van der Waals surface area contributed by atoms with E-state index in [0.717, 1.165) is 61.6 Å². The zero-order valence-electron chi connectivity index (χ0n) is 36.8. The highest BCUT2D eigenvalue weighted by Gasteiger charge is 2.57. The van der Waals surface area contributed by atoms with Crippen LogP contribution >= 0.6 is 0 Å². The van der Waals surface area contributed by atoms with Gasteiger partial charge in [-0.3, -0.25) is 4.79 Å². The first-order valence-corrected chi connectivity index (χ1v) is 22.6. The molecule has 1 N–H and O–H groups in total. The number of aliphatic hydroxyl groups is 1. The topological polar surface area (TPSA) is 112 Å². The van der Waals surface area contributed by atoms with Crippen molar-refractivity contribution in [1.29, 1.82) is 0 Å². The van der Waals surface area contributed by atoms with Gasteiger partial charge in [0.1, 0.15) is 16.9 Å². The Kier molecular flexibility index (Phi) is 12.9. The van der Waals surface area contributed by atoms with Gasteiger partial charge in [0, 0.05) is 28.9 Å². The first-order valence-electron chi connectivity index (χ1n) is 22.6. The van der Waals surface area contributed by atoms with Gasteiger partial charge in [0.15, 0.2) is 12.2 Å². The van der Waals surface area contributed by atoms with Crippen LogP contribution in [0.4, 0.5) is 0 Å². The number of carbonyl (C=O) groups is 2. The van der Waals surface area contributed by atoms with Gasteiger partial charge in [0.25, 0.3) is 0 Å². The van der Waals surface area contributed by atoms with Gasteiger partial charge >= 0.3 is 17.6 Å². The van der Waals surface area contributed by atoms with E-state index < -0.39 is 35.4 Å². The zero-order valence-corrected chi connectivity index (χ0v) is 36.8. The number of hydrogen-bond acceptors (Lipinski definition) is 8. The lowest BCUT2D eigenvalue weighted by atomic mass is 9.76. The van der Waals surface area contributed by atoms with Crippen molar-refractivity contribution in [2.45, 2.75) is 136 Å². The van der Waals surface area contributed by atoms with Crippen molar-refractivity contribution in [1.82, 2.24) is 0 Å². The summed E-state index contributed by atoms with van der Waals surface area (Å²) in [7, 11) is 0. The van der Waals surface area contributed by atoms with E-state index in [1.807, 2.05) is 52.8 Å². The number of benzene rings is 4. The molecule has 4 aromatic carbocycles. The monoisotopic (exact) mass is 836 g/mol. The molecule has 1 aliphatic carbocycles. The molecule has 324 valence electrons. The van der Waals surface area contributed by atoms with E-state index in [4.69, 9.17) is 18.6 Å². The number of ether oxygens (including phenoxy) is 3. The summed E-state index contributed by atoms with van der Waals surface area (Å²) in [5, 5.41) is 11.2. The van der Waals surface area contributed by atoms with Gasteiger partial charge in [0.05, 0.1) is 12.2 Å². The highest BCUT2D eigenvalue weighted by molar-refractivity contribution is 5.90. The Balaban J connectivity index is 1.22. The molecule has 1 aromatic heterocycles. The van der Waals surface area contributed by atoms with Crippen LogP contribution < -0.4 is 10.4 Å². The third-order valence-electron chi connectivity index (χ3n) is 13.7. The number of fused-ring (bicyclic) bond motifs is 13. The minimum Gasteiger partial charge on any atom is -0.483 e. The third-order valence-corrected chi connectivity index (χ3v) is 13.7. The molecular weight excluding hydrogens is 777 g/mol. The third kappa shape index (κ3) is 9.03. The quantitative estimate of drug-likeness (QED) is 0.0934. The maximum atomic E-state index is 14.8. The van der Waals surface area contributed by atoms with Crippen molar-refractivity contribution in [2.24, 2.45) is 11.8 Å². The largest absolute Gasteiger partial charge is 0.483 e. The molecule has 3 aliphatic heterocycles. The van der Waals surface area contributed by atoms with Crippen molar-refractivity contribution >= 4 is 22.9 Å². The summed E-state index contributed by atoms with van der Waals surface area (Å²) in [4.78, 5) is 43.2. The number of aryl methyl sites for hydroxylation is 2. The zero-order chi connectivity index (χ0) is 43.5. The molecule has 2 bridgehead atoms. The van der Waals surface area contributed by atoms with Crippen molar-refractivity contribution < 1.29 is 33.3 Å². The number of aliphatic hydroxyl groups excluding tert-OH is 1. The van der Waals surface area contributed by atoms with Crippen LogP contribution in [-0.2, 0) is 51.4 Å². The van der Waals surface area contributed by atoms with E-state index in [9.17, 15) is 19.5 Å². The molecule has 0 spiro atoms. The number of allylic oxidation sites excluding steroid dienone is 1. The Bertz CT molecular complexity index is 2500. The second kappa shape index (κ2) is 18.5. The van der Waals surface area contributed by atoms with Crippen LogP contribution in [0.1, 0.15) is 136 Å². The number of esters is 2. The van der Waals surface area contributed by atoms with Crippen LogP contribution in [0.2, 0.25) is 0 Å². The fraction of sp³-hybridized carbons (Fsp3) is 0.426. The summed E-state index contributed by atoms with van der Waals surface area (Å²) in [5.41, 5.74) is 7.06. The van der Waals surface area contributed by atoms with E-state index >= 15 is 0 Å². The second-order valence-electron chi connectivity index (χ2n) is 18.5. The SMILES string of the molecule is CC(C)=C1CCc2ccc(cc2)C[C@@H](CCc2cccc(Cc3ccccc3)c2)CC(=O)O[C@H]2c3c(ccc4c(CO)c(C(C)C)c(=O)oc34)O[C@@](C)(C3CCCC3)[C@H]2OC1=O. The highest BCUT2D eigenvalue weighted by atomic mass is 16.6. The van der Waals surface area contributed by atoms with Gasteiger partial charge < -0.3 is 23.7 Å². The Labute approximate surface area is 365 Å². The highest BCUT2D eigenvalue weighted by Crippen LogP contribution is 2.52. The van der Waals surface area contributed by atoms with E-state index in [2.05, 4.69) is 72.8 Å². The average Bonchev–Trinajstić information content (AvgIpc) is 3.80. The summed E-state index contributed by atoms with van der Waals surface area (Å²) < 4.78 is 26.6. The fourth-order valence-corrected chi connectivity index (χ4v) is 10.3. The van der Waals surface area contributed by atoms with Gasteiger partial charge in [-0.05, 0) is 129 Å². The Morgan fingerprint density at radius 3 is 2.23 bits per heavy atom. The van der Waals surface area contributed by atoms with Crippen LogP contribution in [0.15, 0.2) is 111 Å². The molecule has 1 saturated carbocycles. The standard InChI is InChI=1S/C54H60O8/c1-33(2)42-25-24-35-18-20-38(21-19-35)30-40(23-22-37-14-11-15-39(29-37)28-36-12-7-6-8-13-36)31-46(56)59-50-48-45(62-54(5,41-16-9-10-17-41)51(50)61-52(42)57)27-26-43-44(32-55)47(34(3)4)53(58)60-49(43)48/h6-8,11-15,18-21,26-27,29,34,40-41,50-51,55H,9-10,16-17,22-25,28,30-32H2,1-5H3/t40-,50+,51+,54+/m1/s1. The normalized spacial score (nSPS) is 22.2. The molecule has 4 aliphatic rings. The van der Waals surface area contributed by atoms with Gasteiger partial charge in [-0.2, -0.15) is 0 Å². The van der Waals surface area contributed by atoms with E-state index in [1.54, 1.807) is 0 Å². The lowest BCUT2D eigenvalue weighted by molar-refractivity contribution is -0.199. The molecule has 0 saturated heterocycles. The summed E-state index contributed by atoms with van der Waals surface area (Å²) in [6.45, 7) is 9.20. The molecule has 4 heterocycles. The minimum absolute atomic E-state index is 0.00204. The van der Waals surface area contributed by atoms with Crippen LogP contribution in [0, 0.1) is 11.8 Å². The molecule has 5 aromatic rings. The second-order valence-corrected chi connectivity index (χ2v) is 18.5. The van der Waals surface area contributed by atoms with Crippen LogP contribution in [0.3, 0.4) is 0 Å². The van der Waals surface area contributed by atoms with Gasteiger partial charge in [-0.1, -0.05) is 111 Å². The first kappa shape index (κ1) is 43.2. The summed E-state index contributed by atoms with van der Waals surface area (Å²) in [5.74, 6) is -0.803. The maximum absolute atomic E-state index is 14.8. The minimum atomic E-state index is -1.16. The average molecular weight is 837 g/mol. The Hall–Kier alpha value is -5.47. The van der Waals surface area contributed by atoms with Gasteiger partial charge in [0.2, 0.25) is 0 Å². The molecule has 0 radical (unpaired) electrons. The number of hydrogen-bond donors (Lipinski definition) is 1. The molecule has 4 atom stereocenters. The molecule has 0 amide bonds. The van der Waals surface area contributed by atoms with Gasteiger partial charge in [-0.15, -0.1) is 0 Å². The predicted molar refractivity (Wildman–Crippen MR) is 241 cm³/mol. The Morgan fingerprint density at radius 1 is 0.806 bits per heavy atom. The summed E-state index contributed by atoms with van der Waals surface area (Å²) in [6.07, 6.45) is 5.76. The van der Waals surface area contributed by atoms with Crippen molar-refractivity contribution in [3.8, 4) is 5.75 Å². The summed E-state index contributed by atoms with van der Waals surface area (Å²) in [6, 6.07) is 31.3. The fourth-order valence-electron chi connectivity index (χ4n) is 10.3. The van der Waals surface area contributed by atoms with E-state index in [-0.39, 0.29) is 36.4 Å². The van der Waals surface area contributed by atoms with E-state index in [1.165, 1.54) is 16.7 Å². The summed E-state index contributed by atoms with van der Waals surface area (Å²) >= 11 is 0. The molecular formula is C54H60O8. The van der Waals surface area contributed by atoms with Crippen molar-refractivity contribution in [3.05, 3.63) is 157 Å². The lowest BCUT2D eigenvalue weighted by Crippen LogP contribution is -2.58.